The van der Waals surface area contributed by atoms with E-state index in [1.165, 1.54) is 67.8 Å². The average molecular weight is 1290 g/mol. The molecule has 8 atom stereocenters. The van der Waals surface area contributed by atoms with E-state index < -0.39 is 155 Å². The van der Waals surface area contributed by atoms with E-state index >= 15 is 9.59 Å². The zero-order valence-electron chi connectivity index (χ0n) is 54.3. The molecule has 2 heterocycles. The highest BCUT2D eigenvalue weighted by Crippen LogP contribution is 2.38. The summed E-state index contributed by atoms with van der Waals surface area (Å²) >= 11 is 6.12. The van der Waals surface area contributed by atoms with Crippen molar-refractivity contribution in [3.8, 4) is 0 Å². The van der Waals surface area contributed by atoms with Gasteiger partial charge in [-0.1, -0.05) is 102 Å². The molecule has 1 spiro atoms. The highest BCUT2D eigenvalue weighted by Gasteiger charge is 2.50. The van der Waals surface area contributed by atoms with Crippen molar-refractivity contribution in [1.82, 2.24) is 55.6 Å². The van der Waals surface area contributed by atoms with Crippen molar-refractivity contribution in [2.45, 2.75) is 217 Å². The van der Waals surface area contributed by atoms with Gasteiger partial charge in [0.15, 0.2) is 0 Å². The van der Waals surface area contributed by atoms with Crippen molar-refractivity contribution in [1.29, 1.82) is 0 Å². The molecule has 4 N–H and O–H groups in total. The first-order chi connectivity index (χ1) is 42.4. The number of carbonyl (C=O) groups is 11. The topological polar surface area (TPSA) is 259 Å². The van der Waals surface area contributed by atoms with Gasteiger partial charge in [0, 0.05) is 61.3 Å². The summed E-state index contributed by atoms with van der Waals surface area (Å²) in [6.07, 6.45) is 5.83. The Morgan fingerprint density at radius 3 is 1.87 bits per heavy atom. The van der Waals surface area contributed by atoms with Gasteiger partial charge in [0.1, 0.15) is 41.8 Å². The third-order valence-corrected chi connectivity index (χ3v) is 19.9. The summed E-state index contributed by atoms with van der Waals surface area (Å²) in [5, 5.41) is 11.0. The SMILES string of the molecule is CCC(C)[C@@H]1NC(=O)[C@H](C)N(C)C(=O)C[C@@H](C)NC(=O)[C@H](C2CCCCC2)N(C)C(=O)C2(CCCC2)NC(=O)[C@@H]2CCCN2C(=O)[C@H](CCc2ccc(C(F)(F)F)c(Cl)c2)NC(=O)CN(C)C(=O)[C@H](CC2CCCCC2)N(C)C(=O)CN(C)C(=O)CN(C)C1=O. The fourth-order valence-corrected chi connectivity index (χ4v) is 13.9. The van der Waals surface area contributed by atoms with E-state index in [0.717, 1.165) is 78.2 Å². The van der Waals surface area contributed by atoms with Gasteiger partial charge >= 0.3 is 6.18 Å². The average Bonchev–Trinajstić information content (AvgIpc) is 1.51. The number of nitrogens with one attached hydrogen (secondary N) is 4. The Morgan fingerprint density at radius 1 is 0.644 bits per heavy atom. The predicted molar refractivity (Wildman–Crippen MR) is 330 cm³/mol. The van der Waals surface area contributed by atoms with Gasteiger partial charge in [0.05, 0.1) is 30.2 Å². The Hall–Kier alpha value is -6.53. The number of aryl methyl sites for hydroxylation is 1. The molecule has 22 nitrogen and oxygen atoms in total. The van der Waals surface area contributed by atoms with E-state index in [2.05, 4.69) is 21.3 Å². The molecule has 26 heteroatoms. The molecule has 1 aromatic rings. The second-order valence-electron chi connectivity index (χ2n) is 26.3. The third-order valence-electron chi connectivity index (χ3n) is 19.6. The summed E-state index contributed by atoms with van der Waals surface area (Å²) in [4.78, 5) is 168. The van der Waals surface area contributed by atoms with E-state index in [1.54, 1.807) is 20.9 Å². The quantitative estimate of drug-likeness (QED) is 0.268. The third kappa shape index (κ3) is 18.4. The summed E-state index contributed by atoms with van der Waals surface area (Å²) in [5.41, 5.74) is -2.22. The minimum Gasteiger partial charge on any atom is -0.351 e. The Balaban J connectivity index is 1.35. The van der Waals surface area contributed by atoms with E-state index in [1.807, 2.05) is 6.92 Å². The van der Waals surface area contributed by atoms with Crippen molar-refractivity contribution in [2.24, 2.45) is 17.8 Å². The Morgan fingerprint density at radius 2 is 1.26 bits per heavy atom. The molecule has 0 aromatic heterocycles. The number of hydrogen-bond donors (Lipinski definition) is 4. The number of benzene rings is 1. The van der Waals surface area contributed by atoms with Crippen molar-refractivity contribution in [2.75, 3.05) is 68.5 Å². The van der Waals surface area contributed by atoms with Crippen molar-refractivity contribution < 1.29 is 65.9 Å². The first-order valence-corrected chi connectivity index (χ1v) is 32.7. The molecule has 1 unspecified atom stereocenters. The lowest BCUT2D eigenvalue weighted by molar-refractivity contribution is -0.150. The molecule has 0 bridgehead atoms. The molecule has 5 aliphatic rings. The van der Waals surface area contributed by atoms with Gasteiger partial charge in [0.25, 0.3) is 0 Å². The van der Waals surface area contributed by atoms with Gasteiger partial charge in [-0.15, -0.1) is 0 Å². The van der Waals surface area contributed by atoms with E-state index in [4.69, 9.17) is 11.6 Å². The number of nitrogens with zero attached hydrogens (tertiary/aromatic N) is 7. The smallest absolute Gasteiger partial charge is 0.351 e. The maximum atomic E-state index is 15.2. The molecule has 502 valence electrons. The number of carbonyl (C=O) groups excluding carboxylic acids is 11. The van der Waals surface area contributed by atoms with Crippen LogP contribution in [0.2, 0.25) is 5.02 Å². The molecule has 2 saturated heterocycles. The van der Waals surface area contributed by atoms with Gasteiger partial charge in [-0.05, 0) is 107 Å². The lowest BCUT2D eigenvalue weighted by Crippen LogP contribution is -2.64. The molecule has 11 amide bonds. The largest absolute Gasteiger partial charge is 0.417 e. The van der Waals surface area contributed by atoms with Gasteiger partial charge in [-0.3, -0.25) is 52.7 Å². The van der Waals surface area contributed by atoms with Gasteiger partial charge in [-0.2, -0.15) is 13.2 Å². The summed E-state index contributed by atoms with van der Waals surface area (Å²) in [6, 6.07) is -4.46. The number of rotatable bonds is 8. The molecule has 90 heavy (non-hydrogen) atoms. The number of alkyl halides is 3. The Labute approximate surface area is 533 Å². The molecule has 5 fully saturated rings. The van der Waals surface area contributed by atoms with Crippen LogP contribution in [0, 0.1) is 17.8 Å². The maximum absolute atomic E-state index is 15.2. The first-order valence-electron chi connectivity index (χ1n) is 32.3. The maximum Gasteiger partial charge on any atom is 0.417 e. The zero-order chi connectivity index (χ0) is 66.5. The summed E-state index contributed by atoms with van der Waals surface area (Å²) < 4.78 is 41.3. The van der Waals surface area contributed by atoms with E-state index in [9.17, 15) is 56.3 Å². The number of likely N-dealkylation sites (N-methyl/N-ethyl adjacent to an activating group) is 6. The normalized spacial score (nSPS) is 27.4. The van der Waals surface area contributed by atoms with Crippen LogP contribution in [0.15, 0.2) is 18.2 Å². The Kier molecular flexibility index (Phi) is 25.9. The van der Waals surface area contributed by atoms with Crippen LogP contribution in [-0.2, 0) is 65.3 Å². The predicted octanol–water partition coefficient (Wildman–Crippen LogP) is 5.06. The van der Waals surface area contributed by atoms with Gasteiger partial charge in [-0.25, -0.2) is 0 Å². The second kappa shape index (κ2) is 32.2. The van der Waals surface area contributed by atoms with Crippen LogP contribution in [0.1, 0.15) is 167 Å². The van der Waals surface area contributed by atoms with Crippen LogP contribution in [0.3, 0.4) is 0 Å². The van der Waals surface area contributed by atoms with Crippen LogP contribution < -0.4 is 21.3 Å². The summed E-state index contributed by atoms with van der Waals surface area (Å²) in [7, 11) is 8.58. The van der Waals surface area contributed by atoms with Crippen molar-refractivity contribution in [3.63, 3.8) is 0 Å². The fraction of sp³-hybridized carbons (Fsp3) is 0.734. The highest BCUT2D eigenvalue weighted by atomic mass is 35.5. The van der Waals surface area contributed by atoms with Crippen molar-refractivity contribution >= 4 is 76.6 Å². The molecule has 0 radical (unpaired) electrons. The van der Waals surface area contributed by atoms with Crippen LogP contribution in [0.25, 0.3) is 0 Å². The number of hydrogen-bond acceptors (Lipinski definition) is 11. The molecular formula is C64H97ClF3N11O11. The van der Waals surface area contributed by atoms with Crippen LogP contribution in [-0.4, -0.2) is 216 Å². The fourth-order valence-electron chi connectivity index (χ4n) is 13.6. The molecule has 3 aliphatic carbocycles. The lowest BCUT2D eigenvalue weighted by atomic mass is 9.82. The monoisotopic (exact) mass is 1290 g/mol. The molecule has 1 aromatic carbocycles. The minimum atomic E-state index is -4.74. The summed E-state index contributed by atoms with van der Waals surface area (Å²) in [5.74, 6) is -7.37. The van der Waals surface area contributed by atoms with Crippen molar-refractivity contribution in [3.05, 3.63) is 34.3 Å². The van der Waals surface area contributed by atoms with Gasteiger partial charge in [0.2, 0.25) is 65.0 Å². The van der Waals surface area contributed by atoms with Crippen LogP contribution in [0.4, 0.5) is 13.2 Å². The van der Waals surface area contributed by atoms with Gasteiger partial charge < -0.3 is 55.6 Å². The number of halogens is 4. The molecular weight excluding hydrogens is 1190 g/mol. The second-order valence-corrected chi connectivity index (χ2v) is 26.7. The highest BCUT2D eigenvalue weighted by molar-refractivity contribution is 6.31. The van der Waals surface area contributed by atoms with Crippen LogP contribution in [0.5, 0.6) is 0 Å². The minimum absolute atomic E-state index is 0.0374. The number of amides is 11. The standard InChI is InChI=1S/C64H97ClF3N11O11/c1-11-39(2)54-61(89)75(7)37-52(82)73(5)38-53(83)77(9)49(35-42-21-14-12-15-22-42)60(88)74(6)36-50(80)70-47(29-27-43-26-28-45(46(65)34-43)64(66,67)68)59(87)79-32-20-25-48(79)57(85)72-63(30-18-19-31-63)62(90)78(10)55(44-23-16-13-17-24-44)58(86)69-40(3)33-51(81)76(8)41(4)56(84)71-54/h26,28,34,39-42,44,47-49,54-55H,11-25,27,29-33,35-38H2,1-10H3,(H,69,86)(H,70,80)(H,71,84)(H,72,85)/t39?,40-,41+,47+,48+,49+,54+,55+/m1/s1. The van der Waals surface area contributed by atoms with Crippen LogP contribution >= 0.6 is 11.6 Å². The van der Waals surface area contributed by atoms with E-state index in [-0.39, 0.29) is 63.3 Å². The number of fused-ring (bicyclic) bond motifs is 1. The summed E-state index contributed by atoms with van der Waals surface area (Å²) in [6.45, 7) is 5.21. The lowest BCUT2D eigenvalue weighted by Gasteiger charge is -2.41. The molecule has 6 rings (SSSR count). The first kappa shape index (κ1) is 72.5. The molecule has 2 aliphatic heterocycles. The zero-order valence-corrected chi connectivity index (χ0v) is 55.1. The van der Waals surface area contributed by atoms with E-state index in [0.29, 0.717) is 44.1 Å². The molecule has 3 saturated carbocycles. The Bertz CT molecular complexity index is 2770.